The molecule has 0 radical (unpaired) electrons. The Morgan fingerprint density at radius 1 is 1.23 bits per heavy atom. The average molecular weight is 362 g/mol. The Kier molecular flexibility index (Phi) is 4.97. The van der Waals surface area contributed by atoms with Gasteiger partial charge in [0.05, 0.1) is 6.04 Å². The van der Waals surface area contributed by atoms with Gasteiger partial charge in [0.25, 0.3) is 0 Å². The van der Waals surface area contributed by atoms with Gasteiger partial charge in [-0.1, -0.05) is 18.2 Å². The fraction of sp³-hybridized carbons (Fsp3) is 0.235. The largest absolute Gasteiger partial charge is 0.435 e. The summed E-state index contributed by atoms with van der Waals surface area (Å²) in [5, 5.41) is 6.83. The summed E-state index contributed by atoms with van der Waals surface area (Å²) < 4.78 is 31.0. The van der Waals surface area contributed by atoms with Crippen LogP contribution in [0.3, 0.4) is 0 Å². The summed E-state index contributed by atoms with van der Waals surface area (Å²) in [6.07, 6.45) is 1.57. The number of carbonyl (C=O) groups excluding carboxylic acids is 1. The van der Waals surface area contributed by atoms with E-state index in [4.69, 9.17) is 0 Å². The first-order valence-electron chi connectivity index (χ1n) is 7.82. The number of rotatable bonds is 6. The predicted octanol–water partition coefficient (Wildman–Crippen LogP) is 1.97. The fourth-order valence-electron chi connectivity index (χ4n) is 2.52. The van der Waals surface area contributed by atoms with Crippen molar-refractivity contribution in [1.82, 2.24) is 19.5 Å². The smallest absolute Gasteiger partial charge is 0.387 e. The lowest BCUT2D eigenvalue weighted by Gasteiger charge is -2.14. The third-order valence-corrected chi connectivity index (χ3v) is 3.76. The van der Waals surface area contributed by atoms with Crippen molar-refractivity contribution in [3.8, 4) is 5.75 Å². The lowest BCUT2D eigenvalue weighted by Crippen LogP contribution is -2.34. The van der Waals surface area contributed by atoms with Gasteiger partial charge < -0.3 is 10.1 Å². The van der Waals surface area contributed by atoms with E-state index in [9.17, 15) is 18.4 Å². The number of hydrogen-bond acceptors (Lipinski definition) is 4. The Morgan fingerprint density at radius 2 is 1.96 bits per heavy atom. The highest BCUT2D eigenvalue weighted by Gasteiger charge is 2.14. The summed E-state index contributed by atoms with van der Waals surface area (Å²) >= 11 is 0. The molecule has 0 aliphatic heterocycles. The van der Waals surface area contributed by atoms with Crippen LogP contribution in [0.15, 0.2) is 53.5 Å². The van der Waals surface area contributed by atoms with Gasteiger partial charge in [0, 0.05) is 6.20 Å². The van der Waals surface area contributed by atoms with E-state index in [2.05, 4.69) is 15.2 Å². The van der Waals surface area contributed by atoms with Crippen molar-refractivity contribution in [3.05, 3.63) is 64.7 Å². The Labute approximate surface area is 146 Å². The standard InChI is InChI=1S/C17H16F2N4O3/c1-11(12-5-7-13(8-6-12)26-16(18)19)20-15(24)10-23-17(25)22-9-3-2-4-14(22)21-23/h2-9,11,16H,10H2,1H3,(H,20,24)/t11-/m0/s1. The lowest BCUT2D eigenvalue weighted by molar-refractivity contribution is -0.122. The third-order valence-electron chi connectivity index (χ3n) is 3.76. The molecule has 7 nitrogen and oxygen atoms in total. The maximum absolute atomic E-state index is 12.2. The van der Waals surface area contributed by atoms with Crippen LogP contribution in [0.1, 0.15) is 18.5 Å². The molecule has 9 heteroatoms. The van der Waals surface area contributed by atoms with Crippen molar-refractivity contribution in [2.24, 2.45) is 0 Å². The number of pyridine rings is 1. The molecule has 0 fully saturated rings. The molecule has 0 saturated heterocycles. The van der Waals surface area contributed by atoms with Crippen LogP contribution in [-0.4, -0.2) is 26.7 Å². The second-order valence-electron chi connectivity index (χ2n) is 5.61. The number of ether oxygens (including phenoxy) is 1. The van der Waals surface area contributed by atoms with Gasteiger partial charge in [0.2, 0.25) is 5.91 Å². The number of alkyl halides is 2. The van der Waals surface area contributed by atoms with Crippen LogP contribution in [0.2, 0.25) is 0 Å². The summed E-state index contributed by atoms with van der Waals surface area (Å²) in [5.41, 5.74) is 0.757. The van der Waals surface area contributed by atoms with E-state index in [1.807, 2.05) is 0 Å². The molecule has 0 aliphatic rings. The first-order chi connectivity index (χ1) is 12.4. The van der Waals surface area contributed by atoms with Gasteiger partial charge in [0.15, 0.2) is 5.65 Å². The van der Waals surface area contributed by atoms with Gasteiger partial charge in [0.1, 0.15) is 12.3 Å². The minimum Gasteiger partial charge on any atom is -0.435 e. The Morgan fingerprint density at radius 3 is 2.62 bits per heavy atom. The van der Waals surface area contributed by atoms with Crippen LogP contribution in [-0.2, 0) is 11.3 Å². The predicted molar refractivity (Wildman–Crippen MR) is 89.1 cm³/mol. The van der Waals surface area contributed by atoms with E-state index in [0.29, 0.717) is 11.2 Å². The first kappa shape index (κ1) is 17.6. The van der Waals surface area contributed by atoms with E-state index in [0.717, 1.165) is 4.68 Å². The minimum atomic E-state index is -2.89. The van der Waals surface area contributed by atoms with Gasteiger partial charge in [-0.2, -0.15) is 8.78 Å². The summed E-state index contributed by atoms with van der Waals surface area (Å²) in [7, 11) is 0. The van der Waals surface area contributed by atoms with E-state index in [1.54, 1.807) is 43.5 Å². The third kappa shape index (κ3) is 3.88. The van der Waals surface area contributed by atoms with Crippen molar-refractivity contribution >= 4 is 11.6 Å². The number of halogens is 2. The zero-order chi connectivity index (χ0) is 18.7. The fourth-order valence-corrected chi connectivity index (χ4v) is 2.52. The Bertz CT molecular complexity index is 966. The number of aromatic nitrogens is 3. The molecule has 2 heterocycles. The molecule has 1 atom stereocenters. The summed E-state index contributed by atoms with van der Waals surface area (Å²) in [6.45, 7) is -1.37. The molecular weight excluding hydrogens is 346 g/mol. The molecule has 3 aromatic rings. The van der Waals surface area contributed by atoms with Gasteiger partial charge in [-0.3, -0.25) is 9.20 Å². The van der Waals surface area contributed by atoms with Crippen LogP contribution in [0.5, 0.6) is 5.75 Å². The van der Waals surface area contributed by atoms with Crippen LogP contribution in [0.25, 0.3) is 5.65 Å². The molecule has 1 N–H and O–H groups in total. The second-order valence-corrected chi connectivity index (χ2v) is 5.61. The topological polar surface area (TPSA) is 77.6 Å². The quantitative estimate of drug-likeness (QED) is 0.727. The van der Waals surface area contributed by atoms with Crippen LogP contribution in [0, 0.1) is 0 Å². The highest BCUT2D eigenvalue weighted by Crippen LogP contribution is 2.19. The molecule has 136 valence electrons. The van der Waals surface area contributed by atoms with Crippen LogP contribution in [0.4, 0.5) is 8.78 Å². The summed E-state index contributed by atoms with van der Waals surface area (Å²) in [4.78, 5) is 24.3. The van der Waals surface area contributed by atoms with E-state index in [1.165, 1.54) is 16.5 Å². The van der Waals surface area contributed by atoms with Crippen molar-refractivity contribution in [2.45, 2.75) is 26.1 Å². The number of benzene rings is 1. The zero-order valence-electron chi connectivity index (χ0n) is 13.8. The van der Waals surface area contributed by atoms with E-state index >= 15 is 0 Å². The lowest BCUT2D eigenvalue weighted by atomic mass is 10.1. The van der Waals surface area contributed by atoms with E-state index < -0.39 is 18.2 Å². The number of amides is 1. The minimum absolute atomic E-state index is 0.0403. The molecule has 2 aromatic heterocycles. The van der Waals surface area contributed by atoms with Crippen molar-refractivity contribution in [3.63, 3.8) is 0 Å². The second kappa shape index (κ2) is 7.34. The van der Waals surface area contributed by atoms with Crippen molar-refractivity contribution in [2.75, 3.05) is 0 Å². The Balaban J connectivity index is 1.65. The van der Waals surface area contributed by atoms with E-state index in [-0.39, 0.29) is 18.3 Å². The number of fused-ring (bicyclic) bond motifs is 1. The molecule has 0 bridgehead atoms. The SMILES string of the molecule is C[C@H](NC(=O)Cn1nc2ccccn2c1=O)c1ccc(OC(F)F)cc1. The first-order valence-corrected chi connectivity index (χ1v) is 7.82. The maximum atomic E-state index is 12.2. The van der Waals surface area contributed by atoms with Crippen LogP contribution >= 0.6 is 0 Å². The maximum Gasteiger partial charge on any atom is 0.387 e. The average Bonchev–Trinajstić information content (AvgIpc) is 2.91. The number of nitrogens with one attached hydrogen (secondary N) is 1. The number of hydrogen-bond donors (Lipinski definition) is 1. The van der Waals surface area contributed by atoms with Crippen molar-refractivity contribution in [1.29, 1.82) is 0 Å². The molecule has 0 spiro atoms. The molecular formula is C17H16F2N4O3. The molecule has 26 heavy (non-hydrogen) atoms. The normalized spacial score (nSPS) is 12.3. The van der Waals surface area contributed by atoms with Gasteiger partial charge >= 0.3 is 12.3 Å². The van der Waals surface area contributed by atoms with Crippen molar-refractivity contribution < 1.29 is 18.3 Å². The summed E-state index contributed by atoms with van der Waals surface area (Å²) in [5.74, 6) is -0.352. The highest BCUT2D eigenvalue weighted by molar-refractivity contribution is 5.76. The van der Waals surface area contributed by atoms with Gasteiger partial charge in [-0.15, -0.1) is 5.10 Å². The molecule has 0 unspecified atom stereocenters. The number of nitrogens with zero attached hydrogens (tertiary/aromatic N) is 3. The Hall–Kier alpha value is -3.23. The highest BCUT2D eigenvalue weighted by atomic mass is 19.3. The molecule has 0 saturated carbocycles. The molecule has 3 rings (SSSR count). The van der Waals surface area contributed by atoms with Gasteiger partial charge in [-0.25, -0.2) is 9.48 Å². The number of carbonyl (C=O) groups is 1. The summed E-state index contributed by atoms with van der Waals surface area (Å²) in [6, 6.07) is 10.7. The molecule has 0 aliphatic carbocycles. The van der Waals surface area contributed by atoms with Gasteiger partial charge in [-0.05, 0) is 36.8 Å². The molecule has 1 aromatic carbocycles. The molecule has 1 amide bonds. The zero-order valence-corrected chi connectivity index (χ0v) is 13.8. The van der Waals surface area contributed by atoms with Crippen LogP contribution < -0.4 is 15.7 Å². The monoisotopic (exact) mass is 362 g/mol.